The van der Waals surface area contributed by atoms with Crippen molar-refractivity contribution < 1.29 is 9.90 Å². The summed E-state index contributed by atoms with van der Waals surface area (Å²) in [6.45, 7) is 1.53. The maximum atomic E-state index is 12.1. The zero-order valence-electron chi connectivity index (χ0n) is 11.6. The molecule has 1 saturated heterocycles. The molecule has 20 heavy (non-hydrogen) atoms. The predicted molar refractivity (Wildman–Crippen MR) is 79.5 cm³/mol. The number of hydrogen-bond donors (Lipinski definition) is 2. The van der Waals surface area contributed by atoms with Crippen molar-refractivity contribution in [1.82, 2.24) is 4.90 Å². The van der Waals surface area contributed by atoms with E-state index in [1.54, 1.807) is 0 Å². The summed E-state index contributed by atoms with van der Waals surface area (Å²) in [5.41, 5.74) is 1.60. The van der Waals surface area contributed by atoms with Crippen molar-refractivity contribution in [3.63, 3.8) is 0 Å². The zero-order valence-corrected chi connectivity index (χ0v) is 11.6. The molecule has 4 heteroatoms. The molecule has 0 spiro atoms. The van der Waals surface area contributed by atoms with E-state index in [0.29, 0.717) is 0 Å². The van der Waals surface area contributed by atoms with Crippen molar-refractivity contribution in [3.05, 3.63) is 29.8 Å². The molecule has 0 radical (unpaired) electrons. The first-order chi connectivity index (χ1) is 9.79. The van der Waals surface area contributed by atoms with E-state index in [9.17, 15) is 4.79 Å². The van der Waals surface area contributed by atoms with Crippen LogP contribution in [-0.2, 0) is 0 Å². The van der Waals surface area contributed by atoms with Gasteiger partial charge in [0.25, 0.3) is 0 Å². The minimum atomic E-state index is -0.145. The van der Waals surface area contributed by atoms with E-state index in [1.165, 1.54) is 12.8 Å². The average Bonchev–Trinajstić information content (AvgIpc) is 2.75. The van der Waals surface area contributed by atoms with Gasteiger partial charge in [0.15, 0.2) is 0 Å². The topological polar surface area (TPSA) is 52.6 Å². The molecule has 1 aromatic rings. The summed E-state index contributed by atoms with van der Waals surface area (Å²) < 4.78 is 0. The molecule has 0 aliphatic carbocycles. The van der Waals surface area contributed by atoms with Crippen LogP contribution in [0.25, 0.3) is 0 Å². The highest BCUT2D eigenvalue weighted by Crippen LogP contribution is 2.13. The van der Waals surface area contributed by atoms with Crippen LogP contribution in [0.5, 0.6) is 0 Å². The minimum absolute atomic E-state index is 0.0268. The zero-order chi connectivity index (χ0) is 14.2. The second-order valence-corrected chi connectivity index (χ2v) is 4.87. The van der Waals surface area contributed by atoms with E-state index >= 15 is 0 Å². The largest absolute Gasteiger partial charge is 0.384 e. The van der Waals surface area contributed by atoms with Crippen molar-refractivity contribution in [2.75, 3.05) is 25.0 Å². The van der Waals surface area contributed by atoms with Crippen LogP contribution in [0.15, 0.2) is 24.3 Å². The van der Waals surface area contributed by atoms with E-state index in [4.69, 9.17) is 5.11 Å². The lowest BCUT2D eigenvalue weighted by Gasteiger charge is -2.20. The fraction of sp³-hybridized carbons (Fsp3) is 0.438. The van der Waals surface area contributed by atoms with Crippen molar-refractivity contribution in [2.24, 2.45) is 0 Å². The Hall–Kier alpha value is -1.99. The first-order valence-electron chi connectivity index (χ1n) is 7.05. The van der Waals surface area contributed by atoms with Crippen molar-refractivity contribution >= 4 is 11.7 Å². The summed E-state index contributed by atoms with van der Waals surface area (Å²) in [6, 6.07) is 7.30. The van der Waals surface area contributed by atoms with Crippen molar-refractivity contribution in [1.29, 1.82) is 0 Å². The molecule has 2 amide bonds. The normalized spacial score (nSPS) is 14.9. The third kappa shape index (κ3) is 4.29. The molecule has 0 saturated carbocycles. The summed E-state index contributed by atoms with van der Waals surface area (Å²) in [7, 11) is 0. The van der Waals surface area contributed by atoms with Gasteiger partial charge in [0.1, 0.15) is 6.61 Å². The third-order valence-corrected chi connectivity index (χ3v) is 3.34. The van der Waals surface area contributed by atoms with Gasteiger partial charge in [-0.25, -0.2) is 4.79 Å². The Morgan fingerprint density at radius 2 is 1.80 bits per heavy atom. The lowest BCUT2D eigenvalue weighted by atomic mass is 10.2. The molecule has 0 atom stereocenters. The van der Waals surface area contributed by atoms with Gasteiger partial charge in [0, 0.05) is 24.3 Å². The van der Waals surface area contributed by atoms with Crippen LogP contribution in [-0.4, -0.2) is 35.7 Å². The lowest BCUT2D eigenvalue weighted by molar-refractivity contribution is 0.214. The number of amides is 2. The Bertz CT molecular complexity index is 491. The first kappa shape index (κ1) is 14.4. The molecule has 0 unspecified atom stereocenters. The fourth-order valence-electron chi connectivity index (χ4n) is 2.25. The Morgan fingerprint density at radius 1 is 1.15 bits per heavy atom. The van der Waals surface area contributed by atoms with Crippen LogP contribution in [0.2, 0.25) is 0 Å². The van der Waals surface area contributed by atoms with Gasteiger partial charge in [0.05, 0.1) is 0 Å². The Morgan fingerprint density at radius 3 is 2.40 bits per heavy atom. The molecule has 0 aromatic heterocycles. The molecule has 0 bridgehead atoms. The molecule has 106 valence electrons. The quantitative estimate of drug-likeness (QED) is 0.771. The summed E-state index contributed by atoms with van der Waals surface area (Å²) in [5, 5.41) is 11.5. The van der Waals surface area contributed by atoms with E-state index < -0.39 is 0 Å². The number of nitrogens with one attached hydrogen (secondary N) is 1. The number of hydrogen-bond acceptors (Lipinski definition) is 2. The third-order valence-electron chi connectivity index (χ3n) is 3.34. The summed E-state index contributed by atoms with van der Waals surface area (Å²) >= 11 is 0. The summed E-state index contributed by atoms with van der Waals surface area (Å²) in [6.07, 6.45) is 4.59. The monoisotopic (exact) mass is 272 g/mol. The highest BCUT2D eigenvalue weighted by molar-refractivity contribution is 5.89. The van der Waals surface area contributed by atoms with Gasteiger partial charge in [-0.2, -0.15) is 0 Å². The number of nitrogens with zero attached hydrogens (tertiary/aromatic N) is 1. The number of urea groups is 1. The molecule has 2 rings (SSSR count). The number of rotatable bonds is 1. The van der Waals surface area contributed by atoms with E-state index in [0.717, 1.165) is 37.2 Å². The molecular formula is C16H20N2O2. The Labute approximate surface area is 119 Å². The first-order valence-corrected chi connectivity index (χ1v) is 7.05. The van der Waals surface area contributed by atoms with Gasteiger partial charge in [-0.3, -0.25) is 0 Å². The standard InChI is InChI=1S/C16H20N2O2/c19-13-5-6-14-7-9-15(10-8-14)17-16(20)18-11-3-1-2-4-12-18/h7-10,19H,1-4,11-13H2,(H,17,20). The summed E-state index contributed by atoms with van der Waals surface area (Å²) in [4.78, 5) is 14.0. The molecule has 1 heterocycles. The second kappa shape index (κ2) is 7.56. The SMILES string of the molecule is O=C(Nc1ccc(C#CCO)cc1)N1CCCCCC1. The number of carbonyl (C=O) groups excluding carboxylic acids is 1. The Kier molecular flexibility index (Phi) is 5.45. The molecular weight excluding hydrogens is 252 g/mol. The van der Waals surface area contributed by atoms with Crippen LogP contribution < -0.4 is 5.32 Å². The van der Waals surface area contributed by atoms with Gasteiger partial charge in [-0.15, -0.1) is 0 Å². The van der Waals surface area contributed by atoms with E-state index in [2.05, 4.69) is 17.2 Å². The maximum absolute atomic E-state index is 12.1. The van der Waals surface area contributed by atoms with Crippen LogP contribution in [0, 0.1) is 11.8 Å². The number of benzene rings is 1. The number of aliphatic hydroxyl groups excluding tert-OH is 1. The highest BCUT2D eigenvalue weighted by Gasteiger charge is 2.15. The van der Waals surface area contributed by atoms with Gasteiger partial charge in [0.2, 0.25) is 0 Å². The number of likely N-dealkylation sites (tertiary alicyclic amines) is 1. The molecule has 1 aromatic carbocycles. The van der Waals surface area contributed by atoms with Crippen LogP contribution >= 0.6 is 0 Å². The van der Waals surface area contributed by atoms with E-state index in [1.807, 2.05) is 29.2 Å². The van der Waals surface area contributed by atoms with Crippen LogP contribution in [0.1, 0.15) is 31.2 Å². The number of carbonyl (C=O) groups is 1. The second-order valence-electron chi connectivity index (χ2n) is 4.87. The smallest absolute Gasteiger partial charge is 0.321 e. The molecule has 4 nitrogen and oxygen atoms in total. The van der Waals surface area contributed by atoms with E-state index in [-0.39, 0.29) is 12.6 Å². The number of anilines is 1. The maximum Gasteiger partial charge on any atom is 0.321 e. The molecule has 1 aliphatic rings. The van der Waals surface area contributed by atoms with Gasteiger partial charge in [-0.05, 0) is 37.1 Å². The number of aliphatic hydroxyl groups is 1. The van der Waals surface area contributed by atoms with Gasteiger partial charge < -0.3 is 15.3 Å². The molecule has 1 aliphatic heterocycles. The van der Waals surface area contributed by atoms with Crippen LogP contribution in [0.4, 0.5) is 10.5 Å². The Balaban J connectivity index is 1.93. The molecule has 1 fully saturated rings. The fourth-order valence-corrected chi connectivity index (χ4v) is 2.25. The summed E-state index contributed by atoms with van der Waals surface area (Å²) in [5.74, 6) is 5.42. The predicted octanol–water partition coefficient (Wildman–Crippen LogP) is 2.44. The minimum Gasteiger partial charge on any atom is -0.384 e. The van der Waals surface area contributed by atoms with Gasteiger partial charge in [-0.1, -0.05) is 24.7 Å². The van der Waals surface area contributed by atoms with Crippen molar-refractivity contribution in [3.8, 4) is 11.8 Å². The van der Waals surface area contributed by atoms with Crippen molar-refractivity contribution in [2.45, 2.75) is 25.7 Å². The van der Waals surface area contributed by atoms with Gasteiger partial charge >= 0.3 is 6.03 Å². The molecule has 2 N–H and O–H groups in total. The lowest BCUT2D eigenvalue weighted by Crippen LogP contribution is -2.35. The van der Waals surface area contributed by atoms with Crippen LogP contribution in [0.3, 0.4) is 0 Å². The highest BCUT2D eigenvalue weighted by atomic mass is 16.2. The average molecular weight is 272 g/mol.